The number of rotatable bonds is 7. The third-order valence-corrected chi connectivity index (χ3v) is 2.40. The van der Waals surface area contributed by atoms with Crippen LogP contribution in [0.4, 0.5) is 22.0 Å². The molecule has 0 heterocycles. The van der Waals surface area contributed by atoms with E-state index in [1.807, 2.05) is 0 Å². The van der Waals surface area contributed by atoms with E-state index in [-0.39, 0.29) is 24.4 Å². The molecule has 1 N–H and O–H groups in total. The lowest BCUT2D eigenvalue weighted by Crippen LogP contribution is -2.35. The Hall–Kier alpha value is -1.41. The predicted octanol–water partition coefficient (Wildman–Crippen LogP) is 2.64. The summed E-state index contributed by atoms with van der Waals surface area (Å²) in [4.78, 5) is 0.910. The molecule has 0 amide bonds. The number of nitrogens with zero attached hydrogens (tertiary/aromatic N) is 1. The Morgan fingerprint density at radius 2 is 1.85 bits per heavy atom. The normalized spacial score (nSPS) is 12.2. The summed E-state index contributed by atoms with van der Waals surface area (Å²) in [5.74, 6) is -0.174. The molecule has 114 valence electrons. The van der Waals surface area contributed by atoms with Crippen LogP contribution < -0.4 is 4.74 Å². The average Bonchev–Trinajstić information content (AvgIpc) is 2.29. The number of alkyl halides is 5. The number of halogens is 5. The maximum absolute atomic E-state index is 12.4. The first-order chi connectivity index (χ1) is 9.31. The van der Waals surface area contributed by atoms with Crippen LogP contribution in [0.2, 0.25) is 0 Å². The van der Waals surface area contributed by atoms with Crippen molar-refractivity contribution in [3.05, 3.63) is 29.8 Å². The van der Waals surface area contributed by atoms with E-state index >= 15 is 0 Å². The van der Waals surface area contributed by atoms with Gasteiger partial charge in [0.15, 0.2) is 0 Å². The molecule has 20 heavy (non-hydrogen) atoms. The van der Waals surface area contributed by atoms with Crippen molar-refractivity contribution < 1.29 is 31.8 Å². The Kier molecular flexibility index (Phi) is 6.15. The molecule has 0 radical (unpaired) electrons. The Balaban J connectivity index is 2.82. The van der Waals surface area contributed by atoms with Crippen LogP contribution in [0.5, 0.6) is 5.75 Å². The molecule has 1 rings (SSSR count). The lowest BCUT2D eigenvalue weighted by Gasteiger charge is -2.23. The van der Waals surface area contributed by atoms with Gasteiger partial charge in [0.1, 0.15) is 5.75 Å². The van der Waals surface area contributed by atoms with Crippen LogP contribution in [0.25, 0.3) is 0 Å². The van der Waals surface area contributed by atoms with E-state index in [0.29, 0.717) is 0 Å². The van der Waals surface area contributed by atoms with Crippen LogP contribution in [0.3, 0.4) is 0 Å². The van der Waals surface area contributed by atoms with Crippen LogP contribution in [-0.4, -0.2) is 42.5 Å². The number of aliphatic hydroxyl groups excluding tert-OH is 1. The second-order valence-electron chi connectivity index (χ2n) is 4.04. The molecule has 0 unspecified atom stereocenters. The second-order valence-corrected chi connectivity index (χ2v) is 4.04. The standard InChI is InChI=1S/C12H14F5NO2/c13-11(14)20-10-4-2-1-3-9(10)7-18(5-6-19)8-12(15,16)17/h1-4,11,19H,5-8H2. The minimum atomic E-state index is -4.44. The highest BCUT2D eigenvalue weighted by Gasteiger charge is 2.30. The third kappa shape index (κ3) is 6.16. The first-order valence-electron chi connectivity index (χ1n) is 5.74. The molecule has 0 saturated heterocycles. The van der Waals surface area contributed by atoms with Crippen LogP contribution in [-0.2, 0) is 6.54 Å². The van der Waals surface area contributed by atoms with Gasteiger partial charge in [-0.3, -0.25) is 4.90 Å². The zero-order valence-electron chi connectivity index (χ0n) is 10.4. The van der Waals surface area contributed by atoms with E-state index in [1.165, 1.54) is 24.3 Å². The minimum absolute atomic E-state index is 0.174. The van der Waals surface area contributed by atoms with Crippen molar-refractivity contribution in [3.63, 3.8) is 0 Å². The van der Waals surface area contributed by atoms with E-state index in [4.69, 9.17) is 5.11 Å². The zero-order valence-corrected chi connectivity index (χ0v) is 10.4. The topological polar surface area (TPSA) is 32.7 Å². The molecule has 0 aromatic heterocycles. The van der Waals surface area contributed by atoms with Crippen LogP contribution in [0.1, 0.15) is 5.56 Å². The molecular formula is C12H14F5NO2. The van der Waals surface area contributed by atoms with Crippen molar-refractivity contribution in [3.8, 4) is 5.75 Å². The molecule has 8 heteroatoms. The summed E-state index contributed by atoms with van der Waals surface area (Å²) in [6, 6.07) is 5.62. The fraction of sp³-hybridized carbons (Fsp3) is 0.500. The highest BCUT2D eigenvalue weighted by molar-refractivity contribution is 5.33. The lowest BCUT2D eigenvalue weighted by molar-refractivity contribution is -0.148. The molecule has 0 aliphatic carbocycles. The van der Waals surface area contributed by atoms with E-state index < -0.39 is 25.9 Å². The van der Waals surface area contributed by atoms with Gasteiger partial charge < -0.3 is 9.84 Å². The van der Waals surface area contributed by atoms with Crippen molar-refractivity contribution in [2.75, 3.05) is 19.7 Å². The summed E-state index contributed by atoms with van der Waals surface area (Å²) in [5, 5.41) is 8.77. The summed E-state index contributed by atoms with van der Waals surface area (Å²) in [7, 11) is 0. The van der Waals surface area contributed by atoms with Gasteiger partial charge in [-0.2, -0.15) is 22.0 Å². The molecule has 0 aliphatic rings. The van der Waals surface area contributed by atoms with Gasteiger partial charge in [0.2, 0.25) is 0 Å². The minimum Gasteiger partial charge on any atom is -0.434 e. The summed E-state index contributed by atoms with van der Waals surface area (Å²) in [6.07, 6.45) is -4.44. The largest absolute Gasteiger partial charge is 0.434 e. The molecule has 1 aromatic carbocycles. The molecular weight excluding hydrogens is 285 g/mol. The molecule has 0 bridgehead atoms. The van der Waals surface area contributed by atoms with Gasteiger partial charge in [-0.1, -0.05) is 18.2 Å². The number of hydrogen-bond acceptors (Lipinski definition) is 3. The number of hydrogen-bond donors (Lipinski definition) is 1. The first-order valence-corrected chi connectivity index (χ1v) is 5.74. The summed E-state index contributed by atoms with van der Waals surface area (Å²) < 4.78 is 65.8. The Labute approximate surface area is 112 Å². The smallest absolute Gasteiger partial charge is 0.401 e. The second kappa shape index (κ2) is 7.39. The maximum atomic E-state index is 12.4. The first kappa shape index (κ1) is 16.6. The Bertz CT molecular complexity index is 411. The Morgan fingerprint density at radius 3 is 2.40 bits per heavy atom. The molecule has 3 nitrogen and oxygen atoms in total. The van der Waals surface area contributed by atoms with E-state index in [9.17, 15) is 22.0 Å². The van der Waals surface area contributed by atoms with E-state index in [2.05, 4.69) is 4.74 Å². The van der Waals surface area contributed by atoms with Gasteiger partial charge in [0, 0.05) is 18.7 Å². The van der Waals surface area contributed by atoms with Crippen molar-refractivity contribution in [1.29, 1.82) is 0 Å². The maximum Gasteiger partial charge on any atom is 0.401 e. The van der Waals surface area contributed by atoms with E-state index in [1.54, 1.807) is 0 Å². The van der Waals surface area contributed by atoms with Gasteiger partial charge in [-0.15, -0.1) is 0 Å². The summed E-state index contributed by atoms with van der Waals surface area (Å²) >= 11 is 0. The molecule has 0 saturated carbocycles. The van der Waals surface area contributed by atoms with Gasteiger partial charge in [-0.25, -0.2) is 0 Å². The van der Waals surface area contributed by atoms with E-state index in [0.717, 1.165) is 4.90 Å². The van der Waals surface area contributed by atoms with Crippen molar-refractivity contribution >= 4 is 0 Å². The predicted molar refractivity (Wildman–Crippen MR) is 61.5 cm³/mol. The molecule has 0 atom stereocenters. The summed E-state index contributed by atoms with van der Waals surface area (Å²) in [5.41, 5.74) is 0.200. The SMILES string of the molecule is OCCN(Cc1ccccc1OC(F)F)CC(F)(F)F. The summed E-state index contributed by atoms with van der Waals surface area (Å²) in [6.45, 7) is -5.22. The van der Waals surface area contributed by atoms with Crippen molar-refractivity contribution in [2.45, 2.75) is 19.3 Å². The molecule has 0 spiro atoms. The number of ether oxygens (including phenoxy) is 1. The zero-order chi connectivity index (χ0) is 15.2. The van der Waals surface area contributed by atoms with Gasteiger partial charge in [-0.05, 0) is 6.07 Å². The highest BCUT2D eigenvalue weighted by Crippen LogP contribution is 2.24. The van der Waals surface area contributed by atoms with Crippen LogP contribution in [0.15, 0.2) is 24.3 Å². The monoisotopic (exact) mass is 299 g/mol. The quantitative estimate of drug-likeness (QED) is 0.786. The van der Waals surface area contributed by atoms with Crippen molar-refractivity contribution in [2.24, 2.45) is 0 Å². The van der Waals surface area contributed by atoms with Crippen LogP contribution in [0, 0.1) is 0 Å². The fourth-order valence-corrected chi connectivity index (χ4v) is 1.70. The number of aliphatic hydroxyl groups is 1. The van der Waals surface area contributed by atoms with Gasteiger partial charge in [0.25, 0.3) is 0 Å². The van der Waals surface area contributed by atoms with Crippen LogP contribution >= 0.6 is 0 Å². The molecule has 1 aromatic rings. The van der Waals surface area contributed by atoms with Crippen molar-refractivity contribution in [1.82, 2.24) is 4.90 Å². The number of benzene rings is 1. The lowest BCUT2D eigenvalue weighted by atomic mass is 10.2. The molecule has 0 aliphatic heterocycles. The van der Waals surface area contributed by atoms with Gasteiger partial charge in [0.05, 0.1) is 13.2 Å². The fourth-order valence-electron chi connectivity index (χ4n) is 1.70. The molecule has 0 fully saturated rings. The third-order valence-electron chi connectivity index (χ3n) is 2.40. The number of para-hydroxylation sites is 1. The highest BCUT2D eigenvalue weighted by atomic mass is 19.4. The van der Waals surface area contributed by atoms with Gasteiger partial charge >= 0.3 is 12.8 Å². The Morgan fingerprint density at radius 1 is 1.20 bits per heavy atom. The average molecular weight is 299 g/mol.